The van der Waals surface area contributed by atoms with Gasteiger partial charge in [0.2, 0.25) is 0 Å². The molecule has 0 fully saturated rings. The van der Waals surface area contributed by atoms with Gasteiger partial charge in [-0.15, -0.1) is 0 Å². The highest BCUT2D eigenvalue weighted by Gasteiger charge is 2.05. The van der Waals surface area contributed by atoms with Crippen molar-refractivity contribution in [2.45, 2.75) is 60.8 Å². The zero-order valence-corrected chi connectivity index (χ0v) is 11.9. The van der Waals surface area contributed by atoms with Gasteiger partial charge in [0.25, 0.3) is 0 Å². The van der Waals surface area contributed by atoms with E-state index in [-0.39, 0.29) is 11.7 Å². The predicted octanol–water partition coefficient (Wildman–Crippen LogP) is 5.56. The van der Waals surface area contributed by atoms with Gasteiger partial charge in [-0.05, 0) is 29.5 Å². The molecule has 0 bridgehead atoms. The highest BCUT2D eigenvalue weighted by Crippen LogP contribution is 2.19. The second-order valence-corrected chi connectivity index (χ2v) is 3.36. The molecule has 0 aliphatic rings. The number of hydrogen-bond donors (Lipinski definition) is 0. The Hall–Kier alpha value is -0.850. The van der Waals surface area contributed by atoms with Gasteiger partial charge >= 0.3 is 0 Å². The van der Waals surface area contributed by atoms with Gasteiger partial charge in [0.05, 0.1) is 0 Å². The summed E-state index contributed by atoms with van der Waals surface area (Å²) in [6.07, 6.45) is 0.972. The first-order valence-corrected chi connectivity index (χ1v) is 6.43. The number of halogens is 1. The van der Waals surface area contributed by atoms with Crippen molar-refractivity contribution < 1.29 is 4.39 Å². The van der Waals surface area contributed by atoms with Crippen molar-refractivity contribution in [3.8, 4) is 0 Å². The number of aryl methyl sites for hydroxylation is 1. The van der Waals surface area contributed by atoms with E-state index in [4.69, 9.17) is 0 Å². The maximum absolute atomic E-state index is 13.2. The molecule has 0 N–H and O–H groups in total. The predicted molar refractivity (Wildman–Crippen MR) is 72.6 cm³/mol. The van der Waals surface area contributed by atoms with Crippen LogP contribution >= 0.6 is 0 Å². The zero-order valence-electron chi connectivity index (χ0n) is 11.9. The first-order valence-electron chi connectivity index (χ1n) is 6.43. The lowest BCUT2D eigenvalue weighted by Gasteiger charge is -2.08. The van der Waals surface area contributed by atoms with Gasteiger partial charge in [0, 0.05) is 0 Å². The lowest BCUT2D eigenvalue weighted by Crippen LogP contribution is -1.94. The third-order valence-electron chi connectivity index (χ3n) is 2.09. The molecule has 1 rings (SSSR count). The molecule has 0 aliphatic heterocycles. The van der Waals surface area contributed by atoms with Gasteiger partial charge in [-0.3, -0.25) is 0 Å². The molecule has 1 aromatic rings. The van der Waals surface area contributed by atoms with E-state index in [0.29, 0.717) is 0 Å². The molecule has 0 unspecified atom stereocenters. The SMILES string of the molecule is CC.CC.CCc1ccc(F)c(C(C)C)c1. The van der Waals surface area contributed by atoms with Crippen LogP contribution < -0.4 is 0 Å². The van der Waals surface area contributed by atoms with E-state index in [1.54, 1.807) is 6.07 Å². The molecule has 1 aromatic carbocycles. The number of benzene rings is 1. The molecule has 0 atom stereocenters. The minimum atomic E-state index is -0.0813. The van der Waals surface area contributed by atoms with Crippen LogP contribution in [0.4, 0.5) is 4.39 Å². The van der Waals surface area contributed by atoms with E-state index in [9.17, 15) is 4.39 Å². The van der Waals surface area contributed by atoms with Crippen molar-refractivity contribution >= 4 is 0 Å². The molecule has 0 heterocycles. The lowest BCUT2D eigenvalue weighted by atomic mass is 9.99. The zero-order chi connectivity index (χ0) is 13.1. The third-order valence-corrected chi connectivity index (χ3v) is 2.09. The summed E-state index contributed by atoms with van der Waals surface area (Å²) in [5.41, 5.74) is 2.04. The molecule has 0 radical (unpaired) electrons. The molecule has 94 valence electrons. The summed E-state index contributed by atoms with van der Waals surface area (Å²) >= 11 is 0. The number of hydrogen-bond acceptors (Lipinski definition) is 0. The Morgan fingerprint density at radius 1 is 1.06 bits per heavy atom. The largest absolute Gasteiger partial charge is 0.207 e. The first kappa shape index (κ1) is 17.5. The van der Waals surface area contributed by atoms with Crippen LogP contribution in [0.15, 0.2) is 18.2 Å². The van der Waals surface area contributed by atoms with Crippen LogP contribution in [0, 0.1) is 5.82 Å². The van der Waals surface area contributed by atoms with Crippen molar-refractivity contribution in [3.63, 3.8) is 0 Å². The van der Waals surface area contributed by atoms with Gasteiger partial charge in [-0.1, -0.05) is 60.6 Å². The molecule has 0 spiro atoms. The summed E-state index contributed by atoms with van der Waals surface area (Å²) in [7, 11) is 0. The van der Waals surface area contributed by atoms with E-state index >= 15 is 0 Å². The first-order chi connectivity index (χ1) is 7.65. The van der Waals surface area contributed by atoms with Gasteiger partial charge in [-0.2, -0.15) is 0 Å². The summed E-state index contributed by atoms with van der Waals surface area (Å²) in [5.74, 6) is 0.193. The summed E-state index contributed by atoms with van der Waals surface area (Å²) in [4.78, 5) is 0. The Morgan fingerprint density at radius 2 is 1.56 bits per heavy atom. The summed E-state index contributed by atoms with van der Waals surface area (Å²) in [6, 6.07) is 5.37. The summed E-state index contributed by atoms with van der Waals surface area (Å²) in [6.45, 7) is 14.1. The average Bonchev–Trinajstić information content (AvgIpc) is 2.34. The molecule has 0 amide bonds. The smallest absolute Gasteiger partial charge is 0.126 e. The normalized spacial score (nSPS) is 8.81. The van der Waals surface area contributed by atoms with Crippen LogP contribution in [0.2, 0.25) is 0 Å². The minimum Gasteiger partial charge on any atom is -0.207 e. The lowest BCUT2D eigenvalue weighted by molar-refractivity contribution is 0.597. The fraction of sp³-hybridized carbons (Fsp3) is 0.600. The van der Waals surface area contributed by atoms with E-state index < -0.39 is 0 Å². The minimum absolute atomic E-state index is 0.0813. The molecule has 16 heavy (non-hydrogen) atoms. The third kappa shape index (κ3) is 5.89. The van der Waals surface area contributed by atoms with Crippen molar-refractivity contribution in [2.75, 3.05) is 0 Å². The molecule has 0 aromatic heterocycles. The van der Waals surface area contributed by atoms with Crippen molar-refractivity contribution in [3.05, 3.63) is 35.1 Å². The highest BCUT2D eigenvalue weighted by atomic mass is 19.1. The Bertz CT molecular complexity index is 264. The fourth-order valence-corrected chi connectivity index (χ4v) is 1.26. The quantitative estimate of drug-likeness (QED) is 0.619. The molecule has 0 aliphatic carbocycles. The van der Waals surface area contributed by atoms with Crippen molar-refractivity contribution in [1.82, 2.24) is 0 Å². The van der Waals surface area contributed by atoms with Gasteiger partial charge in [0.15, 0.2) is 0 Å². The van der Waals surface area contributed by atoms with Crippen LogP contribution in [0.5, 0.6) is 0 Å². The molecule has 1 heteroatoms. The fourth-order valence-electron chi connectivity index (χ4n) is 1.26. The number of rotatable bonds is 2. The Labute approximate surface area is 101 Å². The standard InChI is InChI=1S/C11H15F.2C2H6/c1-4-9-5-6-11(12)10(7-9)8(2)3;2*1-2/h5-8H,4H2,1-3H3;2*1-2H3. The Kier molecular flexibility index (Phi) is 11.7. The maximum atomic E-state index is 13.2. The topological polar surface area (TPSA) is 0 Å². The van der Waals surface area contributed by atoms with Crippen molar-refractivity contribution in [1.29, 1.82) is 0 Å². The van der Waals surface area contributed by atoms with E-state index in [0.717, 1.165) is 12.0 Å². The molecule has 0 saturated heterocycles. The Morgan fingerprint density at radius 3 is 1.94 bits per heavy atom. The second kappa shape index (κ2) is 10.7. The van der Waals surface area contributed by atoms with E-state index in [2.05, 4.69) is 6.92 Å². The van der Waals surface area contributed by atoms with Crippen LogP contribution in [-0.4, -0.2) is 0 Å². The van der Waals surface area contributed by atoms with Crippen LogP contribution in [-0.2, 0) is 6.42 Å². The van der Waals surface area contributed by atoms with Crippen molar-refractivity contribution in [2.24, 2.45) is 0 Å². The second-order valence-electron chi connectivity index (χ2n) is 3.36. The van der Waals surface area contributed by atoms with E-state index in [1.807, 2.05) is 53.7 Å². The molecule has 0 saturated carbocycles. The highest BCUT2D eigenvalue weighted by molar-refractivity contribution is 5.27. The Balaban J connectivity index is 0. The van der Waals surface area contributed by atoms with Crippen LogP contribution in [0.1, 0.15) is 65.5 Å². The van der Waals surface area contributed by atoms with Crippen LogP contribution in [0.3, 0.4) is 0 Å². The molecular weight excluding hydrogens is 199 g/mol. The van der Waals surface area contributed by atoms with Gasteiger partial charge in [0.1, 0.15) is 5.82 Å². The summed E-state index contributed by atoms with van der Waals surface area (Å²) in [5, 5.41) is 0. The van der Waals surface area contributed by atoms with Crippen LogP contribution in [0.25, 0.3) is 0 Å². The molecular formula is C15H27F. The van der Waals surface area contributed by atoms with Gasteiger partial charge in [-0.25, -0.2) is 4.39 Å². The maximum Gasteiger partial charge on any atom is 0.126 e. The summed E-state index contributed by atoms with van der Waals surface area (Å²) < 4.78 is 13.2. The monoisotopic (exact) mass is 226 g/mol. The molecule has 0 nitrogen and oxygen atoms in total. The van der Waals surface area contributed by atoms with Gasteiger partial charge < -0.3 is 0 Å². The van der Waals surface area contributed by atoms with E-state index in [1.165, 1.54) is 5.56 Å². The average molecular weight is 226 g/mol.